The SMILES string of the molecule is O=C1C2=CC3=CC=C4C5=C(C=C6C=CC(=C2C(=O)c2ccccc21)C3C64)C(=O)c1ccccc1C5=O. The third-order valence-electron chi connectivity index (χ3n) is 8.15. The van der Waals surface area contributed by atoms with Gasteiger partial charge < -0.3 is 0 Å². The van der Waals surface area contributed by atoms with Crippen molar-refractivity contribution in [2.45, 2.75) is 0 Å². The minimum Gasteiger partial charge on any atom is -0.289 e. The van der Waals surface area contributed by atoms with Gasteiger partial charge in [-0.15, -0.1) is 0 Å². The Hall–Kier alpha value is -4.70. The van der Waals surface area contributed by atoms with Crippen molar-refractivity contribution >= 4 is 23.1 Å². The standard InChI is InChI=1S/C32H16O4/c33-29-17-5-1-3-7-19(17)31(35)27-21-11-10-16-14-24-28(32(36)20-8-4-2-6-18(20)30(24)34)22-12-9-15(13-23(27)29)25(21)26(16)22/h1-14,25-26H. The average Bonchev–Trinajstić information content (AvgIpc) is 2.92. The molecule has 6 aliphatic carbocycles. The van der Waals surface area contributed by atoms with Gasteiger partial charge in [0.05, 0.1) is 0 Å². The molecule has 36 heavy (non-hydrogen) atoms. The minimum absolute atomic E-state index is 0.144. The third kappa shape index (κ3) is 2.20. The van der Waals surface area contributed by atoms with Gasteiger partial charge in [0, 0.05) is 56.4 Å². The lowest BCUT2D eigenvalue weighted by Crippen LogP contribution is -2.37. The molecule has 4 heteroatoms. The molecule has 0 fully saturated rings. The Bertz CT molecular complexity index is 1790. The van der Waals surface area contributed by atoms with Crippen molar-refractivity contribution in [1.82, 2.24) is 0 Å². The number of hydrogen-bond donors (Lipinski definition) is 0. The van der Waals surface area contributed by atoms with Crippen LogP contribution < -0.4 is 0 Å². The van der Waals surface area contributed by atoms with Crippen LogP contribution in [0.5, 0.6) is 0 Å². The fourth-order valence-electron chi connectivity index (χ4n) is 6.61. The highest BCUT2D eigenvalue weighted by Crippen LogP contribution is 2.55. The van der Waals surface area contributed by atoms with Crippen molar-refractivity contribution in [2.75, 3.05) is 0 Å². The number of carbonyl (C=O) groups excluding carboxylic acids is 4. The van der Waals surface area contributed by atoms with Crippen molar-refractivity contribution in [3.05, 3.63) is 152 Å². The van der Waals surface area contributed by atoms with Crippen LogP contribution in [-0.2, 0) is 0 Å². The molecule has 0 aliphatic heterocycles. The van der Waals surface area contributed by atoms with E-state index in [0.717, 1.165) is 22.3 Å². The zero-order chi connectivity index (χ0) is 24.3. The molecule has 0 N–H and O–H groups in total. The number of ketones is 4. The minimum atomic E-state index is -0.198. The zero-order valence-electron chi connectivity index (χ0n) is 18.9. The maximum absolute atomic E-state index is 13.6. The normalized spacial score (nSPS) is 24.7. The lowest BCUT2D eigenvalue weighted by molar-refractivity contribution is 0.0970. The van der Waals surface area contributed by atoms with Crippen LogP contribution in [-0.4, -0.2) is 23.1 Å². The number of allylic oxidation sites excluding steroid dienone is 14. The molecule has 2 atom stereocenters. The van der Waals surface area contributed by atoms with Gasteiger partial charge >= 0.3 is 0 Å². The van der Waals surface area contributed by atoms with E-state index in [1.165, 1.54) is 0 Å². The molecule has 0 radical (unpaired) electrons. The van der Waals surface area contributed by atoms with Crippen LogP contribution in [0, 0.1) is 11.8 Å². The molecule has 168 valence electrons. The molecule has 2 aromatic rings. The fraction of sp³-hybridized carbons (Fsp3) is 0.0625. The Morgan fingerprint density at radius 2 is 1.14 bits per heavy atom. The lowest BCUT2D eigenvalue weighted by Gasteiger charge is -2.44. The van der Waals surface area contributed by atoms with Crippen LogP contribution in [0.2, 0.25) is 0 Å². The molecule has 0 saturated heterocycles. The maximum atomic E-state index is 13.6. The second-order valence-electron chi connectivity index (χ2n) is 9.81. The second-order valence-corrected chi connectivity index (χ2v) is 9.81. The van der Waals surface area contributed by atoms with Crippen molar-refractivity contribution in [3.63, 3.8) is 0 Å². The van der Waals surface area contributed by atoms with Crippen LogP contribution in [0.1, 0.15) is 41.4 Å². The maximum Gasteiger partial charge on any atom is 0.194 e. The van der Waals surface area contributed by atoms with E-state index < -0.39 is 0 Å². The summed E-state index contributed by atoms with van der Waals surface area (Å²) >= 11 is 0. The number of benzene rings is 2. The second kappa shape index (κ2) is 6.49. The Balaban J connectivity index is 1.38. The van der Waals surface area contributed by atoms with Gasteiger partial charge in [-0.2, -0.15) is 0 Å². The van der Waals surface area contributed by atoms with Gasteiger partial charge in [0.1, 0.15) is 0 Å². The van der Waals surface area contributed by atoms with Gasteiger partial charge in [-0.1, -0.05) is 72.8 Å². The summed E-state index contributed by atoms with van der Waals surface area (Å²) in [4.78, 5) is 54.1. The first-order valence-electron chi connectivity index (χ1n) is 11.9. The molecule has 4 nitrogen and oxygen atoms in total. The summed E-state index contributed by atoms with van der Waals surface area (Å²) in [5.41, 5.74) is 6.96. The molecule has 8 rings (SSSR count). The first kappa shape index (κ1) is 19.6. The van der Waals surface area contributed by atoms with Crippen molar-refractivity contribution in [3.8, 4) is 0 Å². The van der Waals surface area contributed by atoms with Gasteiger partial charge in [-0.25, -0.2) is 0 Å². The molecular weight excluding hydrogens is 448 g/mol. The van der Waals surface area contributed by atoms with Crippen LogP contribution in [0.4, 0.5) is 0 Å². The summed E-state index contributed by atoms with van der Waals surface area (Å²) in [5, 5.41) is 0. The van der Waals surface area contributed by atoms with Crippen LogP contribution in [0.15, 0.2) is 130 Å². The number of fused-ring (bicyclic) bond motifs is 4. The van der Waals surface area contributed by atoms with E-state index in [0.29, 0.717) is 44.5 Å². The van der Waals surface area contributed by atoms with Gasteiger partial charge in [0.15, 0.2) is 23.1 Å². The van der Waals surface area contributed by atoms with Crippen LogP contribution >= 0.6 is 0 Å². The number of carbonyl (C=O) groups is 4. The molecule has 0 amide bonds. The fourth-order valence-corrected chi connectivity index (χ4v) is 6.61. The Morgan fingerprint density at radius 1 is 0.528 bits per heavy atom. The predicted octanol–water partition coefficient (Wildman–Crippen LogP) is 5.29. The van der Waals surface area contributed by atoms with Crippen LogP contribution in [0.3, 0.4) is 0 Å². The topological polar surface area (TPSA) is 68.3 Å². The van der Waals surface area contributed by atoms with E-state index in [2.05, 4.69) is 0 Å². The molecular formula is C32H16O4. The van der Waals surface area contributed by atoms with Gasteiger partial charge in [-0.3, -0.25) is 19.2 Å². The molecule has 0 saturated carbocycles. The molecule has 0 spiro atoms. The summed E-state index contributed by atoms with van der Waals surface area (Å²) in [6, 6.07) is 13.9. The number of rotatable bonds is 0. The molecule has 0 heterocycles. The smallest absolute Gasteiger partial charge is 0.194 e. The highest BCUT2D eigenvalue weighted by atomic mass is 16.1. The Kier molecular flexibility index (Phi) is 3.53. The monoisotopic (exact) mass is 464 g/mol. The summed E-state index contributed by atoms with van der Waals surface area (Å²) in [6.45, 7) is 0. The molecule has 2 unspecified atom stereocenters. The van der Waals surface area contributed by atoms with Gasteiger partial charge in [0.25, 0.3) is 0 Å². The third-order valence-corrected chi connectivity index (χ3v) is 8.15. The van der Waals surface area contributed by atoms with E-state index in [1.54, 1.807) is 48.5 Å². The Labute approximate surface area is 206 Å². The zero-order valence-corrected chi connectivity index (χ0v) is 18.9. The molecule has 0 aromatic heterocycles. The quantitative estimate of drug-likeness (QED) is 0.532. The van der Waals surface area contributed by atoms with E-state index >= 15 is 0 Å². The average molecular weight is 464 g/mol. The first-order valence-corrected chi connectivity index (χ1v) is 11.9. The van der Waals surface area contributed by atoms with Crippen molar-refractivity contribution < 1.29 is 19.2 Å². The largest absolute Gasteiger partial charge is 0.289 e. The van der Waals surface area contributed by atoms with Gasteiger partial charge in [0.2, 0.25) is 0 Å². The summed E-state index contributed by atoms with van der Waals surface area (Å²) < 4.78 is 0. The van der Waals surface area contributed by atoms with E-state index in [1.807, 2.05) is 36.5 Å². The summed E-state index contributed by atoms with van der Waals surface area (Å²) in [5.74, 6) is -0.975. The summed E-state index contributed by atoms with van der Waals surface area (Å²) in [6.07, 6.45) is 11.4. The first-order chi connectivity index (χ1) is 17.5. The number of hydrogen-bond acceptors (Lipinski definition) is 4. The number of Topliss-reactive ketones (excluding diaryl/α,β-unsaturated/α-hetero) is 4. The van der Waals surface area contributed by atoms with Crippen molar-refractivity contribution in [1.29, 1.82) is 0 Å². The Morgan fingerprint density at radius 3 is 1.83 bits per heavy atom. The highest BCUT2D eigenvalue weighted by molar-refractivity contribution is 6.32. The van der Waals surface area contributed by atoms with Gasteiger partial charge in [-0.05, 0) is 34.4 Å². The van der Waals surface area contributed by atoms with Crippen molar-refractivity contribution in [2.24, 2.45) is 11.8 Å². The summed E-state index contributed by atoms with van der Waals surface area (Å²) in [7, 11) is 0. The highest BCUT2D eigenvalue weighted by Gasteiger charge is 2.48. The van der Waals surface area contributed by atoms with E-state index in [-0.39, 0.29) is 35.0 Å². The van der Waals surface area contributed by atoms with Crippen LogP contribution in [0.25, 0.3) is 0 Å². The molecule has 2 aromatic carbocycles. The lowest BCUT2D eigenvalue weighted by atomic mass is 9.58. The molecule has 0 bridgehead atoms. The predicted molar refractivity (Wildman–Crippen MR) is 133 cm³/mol. The molecule has 6 aliphatic rings. The van der Waals surface area contributed by atoms with E-state index in [9.17, 15) is 19.2 Å². The van der Waals surface area contributed by atoms with E-state index in [4.69, 9.17) is 0 Å².